The van der Waals surface area contributed by atoms with Crippen LogP contribution < -0.4 is 15.0 Å². The van der Waals surface area contributed by atoms with E-state index in [1.807, 2.05) is 19.1 Å². The first-order chi connectivity index (χ1) is 11.5. The van der Waals surface area contributed by atoms with E-state index < -0.39 is 0 Å². The molecule has 5 heteroatoms. The third kappa shape index (κ3) is 2.82. The van der Waals surface area contributed by atoms with E-state index in [2.05, 4.69) is 40.3 Å². The number of amides is 1. The highest BCUT2D eigenvalue weighted by atomic mass is 16.5. The number of aromatic nitrogens is 1. The highest BCUT2D eigenvalue weighted by molar-refractivity contribution is 5.88. The molecule has 2 heterocycles. The van der Waals surface area contributed by atoms with Gasteiger partial charge < -0.3 is 15.0 Å². The van der Waals surface area contributed by atoms with Gasteiger partial charge in [-0.3, -0.25) is 4.79 Å². The van der Waals surface area contributed by atoms with Crippen LogP contribution in [0.1, 0.15) is 22.4 Å². The number of rotatable bonds is 4. The van der Waals surface area contributed by atoms with Crippen molar-refractivity contribution in [2.24, 2.45) is 0 Å². The van der Waals surface area contributed by atoms with Crippen LogP contribution >= 0.6 is 0 Å². The fourth-order valence-corrected chi connectivity index (χ4v) is 3.41. The van der Waals surface area contributed by atoms with Gasteiger partial charge >= 0.3 is 0 Å². The Morgan fingerprint density at radius 3 is 2.83 bits per heavy atom. The van der Waals surface area contributed by atoms with Crippen molar-refractivity contribution in [3.05, 3.63) is 52.7 Å². The van der Waals surface area contributed by atoms with E-state index in [-0.39, 0.29) is 11.9 Å². The molecule has 0 fully saturated rings. The minimum Gasteiger partial charge on any atom is -0.481 e. The number of pyridine rings is 1. The number of methoxy groups -OCH3 is 1. The summed E-state index contributed by atoms with van der Waals surface area (Å²) in [7, 11) is 3.32. The first-order valence-corrected chi connectivity index (χ1v) is 8.12. The molecule has 1 aromatic carbocycles. The van der Waals surface area contributed by atoms with E-state index in [0.29, 0.717) is 12.4 Å². The van der Waals surface area contributed by atoms with Crippen LogP contribution in [0.4, 0.5) is 5.69 Å². The van der Waals surface area contributed by atoms with Crippen LogP contribution in [0.25, 0.3) is 0 Å². The topological polar surface area (TPSA) is 54.5 Å². The third-order valence-corrected chi connectivity index (χ3v) is 4.60. The van der Waals surface area contributed by atoms with Crippen molar-refractivity contribution >= 4 is 11.6 Å². The first-order valence-electron chi connectivity index (χ1n) is 8.12. The molecule has 0 bridgehead atoms. The highest BCUT2D eigenvalue weighted by Crippen LogP contribution is 2.35. The number of para-hydroxylation sites is 1. The van der Waals surface area contributed by atoms with E-state index in [1.54, 1.807) is 14.2 Å². The molecule has 1 atom stereocenters. The molecule has 1 unspecified atom stereocenters. The number of ether oxygens (including phenoxy) is 1. The van der Waals surface area contributed by atoms with Gasteiger partial charge in [0.15, 0.2) is 0 Å². The Labute approximate surface area is 142 Å². The van der Waals surface area contributed by atoms with Crippen LogP contribution in [0.2, 0.25) is 0 Å². The summed E-state index contributed by atoms with van der Waals surface area (Å²) in [6.07, 6.45) is 0.719. The Bertz CT molecular complexity index is 773. The number of likely N-dealkylation sites (N-methyl/N-ethyl adjacent to an activating group) is 1. The quantitative estimate of drug-likeness (QED) is 0.938. The molecule has 5 nitrogen and oxygen atoms in total. The van der Waals surface area contributed by atoms with Gasteiger partial charge in [0.1, 0.15) is 6.04 Å². The Morgan fingerprint density at radius 2 is 2.12 bits per heavy atom. The SMILES string of the molecule is CNC(=O)C1Cc2ccccc2N1Cc1c(C)cc(C)nc1OC. The van der Waals surface area contributed by atoms with Crippen molar-refractivity contribution in [2.75, 3.05) is 19.1 Å². The summed E-state index contributed by atoms with van der Waals surface area (Å²) in [6.45, 7) is 4.61. The summed E-state index contributed by atoms with van der Waals surface area (Å²) < 4.78 is 5.49. The van der Waals surface area contributed by atoms with Gasteiger partial charge in [0.05, 0.1) is 7.11 Å². The number of benzene rings is 1. The molecule has 0 radical (unpaired) electrons. The number of hydrogen-bond donors (Lipinski definition) is 1. The summed E-state index contributed by atoms with van der Waals surface area (Å²) in [4.78, 5) is 19.0. The molecular formula is C19H23N3O2. The molecule has 1 aliphatic rings. The van der Waals surface area contributed by atoms with Gasteiger partial charge in [0.25, 0.3) is 0 Å². The molecule has 3 rings (SSSR count). The molecule has 2 aromatic rings. The van der Waals surface area contributed by atoms with Crippen molar-refractivity contribution in [1.82, 2.24) is 10.3 Å². The predicted molar refractivity (Wildman–Crippen MR) is 94.4 cm³/mol. The van der Waals surface area contributed by atoms with Crippen LogP contribution in [0.3, 0.4) is 0 Å². The van der Waals surface area contributed by atoms with Crippen molar-refractivity contribution in [3.8, 4) is 5.88 Å². The highest BCUT2D eigenvalue weighted by Gasteiger charge is 2.34. The Hall–Kier alpha value is -2.56. The Kier molecular flexibility index (Phi) is 4.42. The lowest BCUT2D eigenvalue weighted by Crippen LogP contribution is -2.44. The molecule has 1 aliphatic heterocycles. The number of aryl methyl sites for hydroxylation is 2. The van der Waals surface area contributed by atoms with Gasteiger partial charge in [-0.2, -0.15) is 0 Å². The normalized spacial score (nSPS) is 16.0. The molecule has 0 aliphatic carbocycles. The van der Waals surface area contributed by atoms with E-state index in [0.717, 1.165) is 28.9 Å². The minimum atomic E-state index is -0.210. The van der Waals surface area contributed by atoms with E-state index in [4.69, 9.17) is 4.74 Å². The van der Waals surface area contributed by atoms with Crippen LogP contribution in [-0.4, -0.2) is 31.1 Å². The van der Waals surface area contributed by atoms with Gasteiger partial charge in [0.2, 0.25) is 11.8 Å². The number of anilines is 1. The molecule has 0 saturated carbocycles. The summed E-state index contributed by atoms with van der Waals surface area (Å²) in [5.41, 5.74) is 5.38. The molecule has 1 aromatic heterocycles. The van der Waals surface area contributed by atoms with Gasteiger partial charge in [-0.1, -0.05) is 18.2 Å². The fourth-order valence-electron chi connectivity index (χ4n) is 3.41. The van der Waals surface area contributed by atoms with E-state index in [9.17, 15) is 4.79 Å². The second-order valence-corrected chi connectivity index (χ2v) is 6.16. The maximum absolute atomic E-state index is 12.4. The van der Waals surface area contributed by atoms with Gasteiger partial charge in [0, 0.05) is 37.0 Å². The monoisotopic (exact) mass is 325 g/mol. The second-order valence-electron chi connectivity index (χ2n) is 6.16. The van der Waals surface area contributed by atoms with Crippen molar-refractivity contribution in [1.29, 1.82) is 0 Å². The lowest BCUT2D eigenvalue weighted by atomic mass is 10.1. The summed E-state index contributed by atoms with van der Waals surface area (Å²) in [6, 6.07) is 10.0. The predicted octanol–water partition coefficient (Wildman–Crippen LogP) is 2.38. The number of hydrogen-bond acceptors (Lipinski definition) is 4. The summed E-state index contributed by atoms with van der Waals surface area (Å²) in [5, 5.41) is 2.78. The van der Waals surface area contributed by atoms with Crippen molar-refractivity contribution in [2.45, 2.75) is 32.9 Å². The number of carbonyl (C=O) groups is 1. The molecule has 126 valence electrons. The molecule has 1 amide bonds. The largest absolute Gasteiger partial charge is 0.481 e. The molecule has 1 N–H and O–H groups in total. The van der Waals surface area contributed by atoms with Gasteiger partial charge in [-0.15, -0.1) is 0 Å². The Balaban J connectivity index is 2.02. The maximum Gasteiger partial charge on any atom is 0.242 e. The van der Waals surface area contributed by atoms with Crippen molar-refractivity contribution in [3.63, 3.8) is 0 Å². The Morgan fingerprint density at radius 1 is 1.38 bits per heavy atom. The van der Waals surface area contributed by atoms with Gasteiger partial charge in [-0.25, -0.2) is 4.98 Å². The number of carbonyl (C=O) groups excluding carboxylic acids is 1. The molecule has 24 heavy (non-hydrogen) atoms. The second kappa shape index (κ2) is 6.51. The van der Waals surface area contributed by atoms with Crippen LogP contribution in [-0.2, 0) is 17.8 Å². The van der Waals surface area contributed by atoms with Crippen LogP contribution in [0, 0.1) is 13.8 Å². The van der Waals surface area contributed by atoms with Crippen molar-refractivity contribution < 1.29 is 9.53 Å². The molecular weight excluding hydrogens is 302 g/mol. The summed E-state index contributed by atoms with van der Waals surface area (Å²) >= 11 is 0. The number of nitrogens with zero attached hydrogens (tertiary/aromatic N) is 2. The average Bonchev–Trinajstić information content (AvgIpc) is 2.95. The average molecular weight is 325 g/mol. The molecule has 0 saturated heterocycles. The first kappa shape index (κ1) is 16.3. The fraction of sp³-hybridized carbons (Fsp3) is 0.368. The smallest absolute Gasteiger partial charge is 0.242 e. The minimum absolute atomic E-state index is 0.0305. The zero-order chi connectivity index (χ0) is 17.3. The van der Waals surface area contributed by atoms with E-state index in [1.165, 1.54) is 5.56 Å². The molecule has 0 spiro atoms. The van der Waals surface area contributed by atoms with Crippen LogP contribution in [0.15, 0.2) is 30.3 Å². The zero-order valence-electron chi connectivity index (χ0n) is 14.6. The van der Waals surface area contributed by atoms with Crippen LogP contribution in [0.5, 0.6) is 5.88 Å². The summed E-state index contributed by atoms with van der Waals surface area (Å²) in [5.74, 6) is 0.662. The standard InChI is InChI=1S/C19H23N3O2/c1-12-9-13(2)21-19(24-4)15(12)11-22-16-8-6-5-7-14(16)10-17(22)18(23)20-3/h5-9,17H,10-11H2,1-4H3,(H,20,23). The maximum atomic E-state index is 12.4. The third-order valence-electron chi connectivity index (χ3n) is 4.60. The lowest BCUT2D eigenvalue weighted by Gasteiger charge is -2.27. The van der Waals surface area contributed by atoms with Gasteiger partial charge in [-0.05, 0) is 37.1 Å². The van der Waals surface area contributed by atoms with E-state index >= 15 is 0 Å². The number of fused-ring (bicyclic) bond motifs is 1. The number of nitrogens with one attached hydrogen (secondary N) is 1. The lowest BCUT2D eigenvalue weighted by molar-refractivity contribution is -0.121. The zero-order valence-corrected chi connectivity index (χ0v) is 14.6.